The molecule has 94 valence electrons. The molecule has 2 atom stereocenters. The molecule has 0 fully saturated rings. The van der Waals surface area contributed by atoms with Crippen LogP contribution in [0.25, 0.3) is 0 Å². The van der Waals surface area contributed by atoms with Gasteiger partial charge in [0.15, 0.2) is 0 Å². The molecule has 0 heterocycles. The first kappa shape index (κ1) is 13.8. The number of nitrogens with two attached hydrogens (primary N) is 1. The summed E-state index contributed by atoms with van der Waals surface area (Å²) in [5.74, 6) is 0.200. The molecule has 0 aromatic heterocycles. The molecule has 1 aromatic carbocycles. The van der Waals surface area contributed by atoms with Crippen molar-refractivity contribution in [1.29, 1.82) is 0 Å². The molecule has 0 aliphatic carbocycles. The zero-order valence-electron chi connectivity index (χ0n) is 10.2. The summed E-state index contributed by atoms with van der Waals surface area (Å²) in [6.45, 7) is 3.56. The van der Waals surface area contributed by atoms with Crippen molar-refractivity contribution in [3.63, 3.8) is 0 Å². The van der Waals surface area contributed by atoms with Crippen LogP contribution in [0, 0.1) is 5.92 Å². The molecule has 0 bridgehead atoms. The average molecular weight is 257 g/mol. The maximum atomic E-state index is 11.8. The Bertz CT molecular complexity index is 407. The van der Waals surface area contributed by atoms with Gasteiger partial charge in [-0.1, -0.05) is 18.5 Å². The predicted octanol–water partition coefficient (Wildman–Crippen LogP) is 2.27. The van der Waals surface area contributed by atoms with Gasteiger partial charge in [0.05, 0.1) is 23.7 Å². The van der Waals surface area contributed by atoms with E-state index in [0.29, 0.717) is 16.5 Å². The van der Waals surface area contributed by atoms with E-state index in [1.807, 2.05) is 0 Å². The molecule has 0 radical (unpaired) electrons. The third-order valence-corrected chi connectivity index (χ3v) is 2.96. The van der Waals surface area contributed by atoms with Crippen LogP contribution in [-0.4, -0.2) is 19.1 Å². The normalized spacial score (nSPS) is 13.9. The van der Waals surface area contributed by atoms with Crippen LogP contribution >= 0.6 is 11.6 Å². The second-order valence-electron chi connectivity index (χ2n) is 3.98. The minimum atomic E-state index is -0.280. The zero-order valence-corrected chi connectivity index (χ0v) is 10.9. The Kier molecular flexibility index (Phi) is 4.78. The predicted molar refractivity (Wildman–Crippen MR) is 69.4 cm³/mol. The van der Waals surface area contributed by atoms with Gasteiger partial charge >= 0.3 is 0 Å². The number of halogens is 1. The van der Waals surface area contributed by atoms with Crippen molar-refractivity contribution in [2.45, 2.75) is 19.9 Å². The maximum Gasteiger partial charge on any atom is 0.228 e. The first-order valence-corrected chi connectivity index (χ1v) is 5.73. The number of ether oxygens (including phenoxy) is 1. The molecule has 1 rings (SSSR count). The van der Waals surface area contributed by atoms with Gasteiger partial charge in [-0.3, -0.25) is 4.79 Å². The minimum Gasteiger partial charge on any atom is -0.497 e. The fraction of sp³-hybridized carbons (Fsp3) is 0.417. The van der Waals surface area contributed by atoms with Crippen molar-refractivity contribution < 1.29 is 9.53 Å². The number of hydrogen-bond donors (Lipinski definition) is 2. The van der Waals surface area contributed by atoms with Gasteiger partial charge in [-0.2, -0.15) is 0 Å². The van der Waals surface area contributed by atoms with Crippen LogP contribution in [0.5, 0.6) is 5.75 Å². The molecule has 4 nitrogen and oxygen atoms in total. The Labute approximate surface area is 106 Å². The number of nitrogens with one attached hydrogen (secondary N) is 1. The number of anilines is 1. The monoisotopic (exact) mass is 256 g/mol. The van der Waals surface area contributed by atoms with E-state index in [0.717, 1.165) is 0 Å². The van der Waals surface area contributed by atoms with E-state index in [4.69, 9.17) is 22.1 Å². The first-order valence-electron chi connectivity index (χ1n) is 5.35. The number of carbonyl (C=O) groups is 1. The number of carbonyl (C=O) groups excluding carboxylic acids is 1. The minimum absolute atomic E-state index is 0.157. The molecule has 0 aliphatic heterocycles. The highest BCUT2D eigenvalue weighted by atomic mass is 35.5. The summed E-state index contributed by atoms with van der Waals surface area (Å²) in [5, 5.41) is 3.20. The second kappa shape index (κ2) is 5.89. The Morgan fingerprint density at radius 2 is 2.12 bits per heavy atom. The summed E-state index contributed by atoms with van der Waals surface area (Å²) in [5.41, 5.74) is 6.20. The van der Waals surface area contributed by atoms with E-state index >= 15 is 0 Å². The lowest BCUT2D eigenvalue weighted by Gasteiger charge is -2.16. The van der Waals surface area contributed by atoms with Gasteiger partial charge in [-0.05, 0) is 19.1 Å². The van der Waals surface area contributed by atoms with E-state index in [2.05, 4.69) is 5.32 Å². The molecule has 0 aliphatic rings. The molecule has 1 aromatic rings. The summed E-state index contributed by atoms with van der Waals surface area (Å²) in [6, 6.07) is 4.87. The van der Waals surface area contributed by atoms with Crippen molar-refractivity contribution in [2.24, 2.45) is 11.7 Å². The van der Waals surface area contributed by atoms with E-state index in [1.165, 1.54) is 0 Å². The highest BCUT2D eigenvalue weighted by molar-refractivity contribution is 6.33. The number of amides is 1. The topological polar surface area (TPSA) is 64.3 Å². The van der Waals surface area contributed by atoms with Gasteiger partial charge < -0.3 is 15.8 Å². The number of hydrogen-bond acceptors (Lipinski definition) is 3. The fourth-order valence-electron chi connectivity index (χ4n) is 1.21. The Morgan fingerprint density at radius 3 is 2.65 bits per heavy atom. The third-order valence-electron chi connectivity index (χ3n) is 2.63. The molecule has 0 saturated heterocycles. The summed E-state index contributed by atoms with van der Waals surface area (Å²) >= 11 is 5.98. The van der Waals surface area contributed by atoms with E-state index in [-0.39, 0.29) is 17.9 Å². The Morgan fingerprint density at radius 1 is 1.47 bits per heavy atom. The van der Waals surface area contributed by atoms with Crippen LogP contribution in [0.3, 0.4) is 0 Å². The van der Waals surface area contributed by atoms with Crippen LogP contribution in [0.2, 0.25) is 5.02 Å². The Balaban J connectivity index is 2.84. The lowest BCUT2D eigenvalue weighted by Crippen LogP contribution is -2.34. The van der Waals surface area contributed by atoms with Crippen molar-refractivity contribution in [3.05, 3.63) is 23.2 Å². The fourth-order valence-corrected chi connectivity index (χ4v) is 1.38. The van der Waals surface area contributed by atoms with Crippen LogP contribution in [-0.2, 0) is 4.79 Å². The SMILES string of the molecule is COc1ccc(Cl)c(NC(=O)C(C)C(C)N)c1. The standard InChI is InChI=1S/C12H17ClN2O2/c1-7(8(2)14)12(16)15-11-6-9(17-3)4-5-10(11)13/h4-8H,14H2,1-3H3,(H,15,16). The number of rotatable bonds is 4. The van der Waals surface area contributed by atoms with Crippen LogP contribution in [0.1, 0.15) is 13.8 Å². The lowest BCUT2D eigenvalue weighted by molar-refractivity contribution is -0.119. The van der Waals surface area contributed by atoms with Crippen LogP contribution in [0.15, 0.2) is 18.2 Å². The summed E-state index contributed by atoms with van der Waals surface area (Å²) < 4.78 is 5.06. The maximum absolute atomic E-state index is 11.8. The summed E-state index contributed by atoms with van der Waals surface area (Å²) in [6.07, 6.45) is 0. The van der Waals surface area contributed by atoms with Gasteiger partial charge in [0.2, 0.25) is 5.91 Å². The smallest absolute Gasteiger partial charge is 0.228 e. The molecular weight excluding hydrogens is 240 g/mol. The molecule has 0 saturated carbocycles. The van der Waals surface area contributed by atoms with E-state index in [1.54, 1.807) is 39.2 Å². The van der Waals surface area contributed by atoms with Gasteiger partial charge in [0.25, 0.3) is 0 Å². The molecule has 17 heavy (non-hydrogen) atoms. The van der Waals surface area contributed by atoms with Crippen molar-refractivity contribution in [3.8, 4) is 5.75 Å². The van der Waals surface area contributed by atoms with Crippen molar-refractivity contribution in [2.75, 3.05) is 12.4 Å². The number of benzene rings is 1. The third kappa shape index (κ3) is 3.61. The summed E-state index contributed by atoms with van der Waals surface area (Å²) in [4.78, 5) is 11.8. The van der Waals surface area contributed by atoms with Crippen LogP contribution in [0.4, 0.5) is 5.69 Å². The quantitative estimate of drug-likeness (QED) is 0.869. The Hall–Kier alpha value is -1.26. The largest absolute Gasteiger partial charge is 0.497 e. The number of methoxy groups -OCH3 is 1. The lowest BCUT2D eigenvalue weighted by atomic mass is 10.0. The van der Waals surface area contributed by atoms with E-state index < -0.39 is 0 Å². The van der Waals surface area contributed by atoms with Crippen molar-refractivity contribution in [1.82, 2.24) is 0 Å². The second-order valence-corrected chi connectivity index (χ2v) is 4.39. The molecule has 0 spiro atoms. The highest BCUT2D eigenvalue weighted by Gasteiger charge is 2.18. The molecular formula is C12H17ClN2O2. The molecule has 2 unspecified atom stereocenters. The van der Waals surface area contributed by atoms with Crippen molar-refractivity contribution >= 4 is 23.2 Å². The van der Waals surface area contributed by atoms with Gasteiger partial charge in [0, 0.05) is 12.1 Å². The summed E-state index contributed by atoms with van der Waals surface area (Å²) in [7, 11) is 1.55. The average Bonchev–Trinajstić information content (AvgIpc) is 2.30. The van der Waals surface area contributed by atoms with E-state index in [9.17, 15) is 4.79 Å². The van der Waals surface area contributed by atoms with Gasteiger partial charge in [0.1, 0.15) is 5.75 Å². The zero-order chi connectivity index (χ0) is 13.0. The first-order chi connectivity index (χ1) is 7.95. The van der Waals surface area contributed by atoms with Gasteiger partial charge in [-0.15, -0.1) is 0 Å². The highest BCUT2D eigenvalue weighted by Crippen LogP contribution is 2.27. The molecule has 1 amide bonds. The molecule has 5 heteroatoms. The van der Waals surface area contributed by atoms with Gasteiger partial charge in [-0.25, -0.2) is 0 Å². The molecule has 3 N–H and O–H groups in total. The van der Waals surface area contributed by atoms with Crippen LogP contribution < -0.4 is 15.8 Å².